The van der Waals surface area contributed by atoms with Crippen LogP contribution in [0.3, 0.4) is 0 Å². The van der Waals surface area contributed by atoms with Crippen molar-refractivity contribution in [3.8, 4) is 0 Å². The summed E-state index contributed by atoms with van der Waals surface area (Å²) in [6, 6.07) is 3.80. The summed E-state index contributed by atoms with van der Waals surface area (Å²) in [5.74, 6) is 0.391. The molecule has 1 aliphatic rings. The van der Waals surface area contributed by atoms with Crippen molar-refractivity contribution in [3.63, 3.8) is 0 Å². The van der Waals surface area contributed by atoms with E-state index in [1.54, 1.807) is 16.0 Å². The molecule has 1 fully saturated rings. The predicted octanol–water partition coefficient (Wildman–Crippen LogP) is 1.85. The van der Waals surface area contributed by atoms with E-state index in [1.807, 2.05) is 43.9 Å². The molecule has 7 heteroatoms. The topological polar surface area (TPSA) is 68.2 Å². The van der Waals surface area contributed by atoms with E-state index in [9.17, 15) is 4.79 Å². The van der Waals surface area contributed by atoms with Crippen molar-refractivity contribution >= 4 is 17.2 Å². The summed E-state index contributed by atoms with van der Waals surface area (Å²) in [5, 5.41) is 12.6. The first kappa shape index (κ1) is 17.1. The highest BCUT2D eigenvalue weighted by atomic mass is 32.1. The molecule has 6 nitrogen and oxygen atoms in total. The van der Waals surface area contributed by atoms with Crippen molar-refractivity contribution in [2.75, 3.05) is 13.2 Å². The standard InChI is InChI=1S/C17H24N4O2S/c1-12(17(22)19-10-15-4-3-7-24-15)18-8-13-5-6-23-16(13)14-9-20-21(2)11-14/h3-4,7,9,11-13,16,18H,5-6,8,10H2,1-2H3,(H,19,22). The Morgan fingerprint density at radius 3 is 3.17 bits per heavy atom. The molecular weight excluding hydrogens is 324 g/mol. The van der Waals surface area contributed by atoms with Crippen molar-refractivity contribution in [2.24, 2.45) is 13.0 Å². The van der Waals surface area contributed by atoms with Gasteiger partial charge in [0.15, 0.2) is 0 Å². The first-order chi connectivity index (χ1) is 11.6. The molecular formula is C17H24N4O2S. The molecule has 2 N–H and O–H groups in total. The number of carbonyl (C=O) groups excluding carboxylic acids is 1. The summed E-state index contributed by atoms with van der Waals surface area (Å²) < 4.78 is 7.66. The summed E-state index contributed by atoms with van der Waals surface area (Å²) in [7, 11) is 1.91. The highest BCUT2D eigenvalue weighted by molar-refractivity contribution is 7.09. The van der Waals surface area contributed by atoms with Crippen LogP contribution in [0.25, 0.3) is 0 Å². The van der Waals surface area contributed by atoms with Gasteiger partial charge in [0.05, 0.1) is 24.9 Å². The highest BCUT2D eigenvalue weighted by Gasteiger charge is 2.31. The number of aromatic nitrogens is 2. The van der Waals surface area contributed by atoms with Crippen LogP contribution in [-0.2, 0) is 23.1 Å². The second kappa shape index (κ2) is 7.92. The number of ether oxygens (including phenoxy) is 1. The Labute approximate surface area is 146 Å². The van der Waals surface area contributed by atoms with E-state index in [1.165, 1.54) is 0 Å². The number of hydrogen-bond acceptors (Lipinski definition) is 5. The lowest BCUT2D eigenvalue weighted by molar-refractivity contribution is -0.123. The molecule has 0 radical (unpaired) electrons. The second-order valence-electron chi connectivity index (χ2n) is 6.21. The van der Waals surface area contributed by atoms with Gasteiger partial charge >= 0.3 is 0 Å². The Balaban J connectivity index is 1.46. The average molecular weight is 348 g/mol. The molecule has 24 heavy (non-hydrogen) atoms. The molecule has 0 saturated carbocycles. The van der Waals surface area contributed by atoms with Crippen LogP contribution in [0.15, 0.2) is 29.9 Å². The van der Waals surface area contributed by atoms with Crippen LogP contribution < -0.4 is 10.6 Å². The third-order valence-electron chi connectivity index (χ3n) is 4.36. The third kappa shape index (κ3) is 4.23. The van der Waals surface area contributed by atoms with Gasteiger partial charge in [0.2, 0.25) is 5.91 Å². The van der Waals surface area contributed by atoms with Crippen molar-refractivity contribution in [1.82, 2.24) is 20.4 Å². The molecule has 0 bridgehead atoms. The molecule has 2 aromatic heterocycles. The Hall–Kier alpha value is -1.70. The molecule has 1 saturated heterocycles. The van der Waals surface area contributed by atoms with Crippen LogP contribution in [0.1, 0.15) is 29.9 Å². The summed E-state index contributed by atoms with van der Waals surface area (Å²) >= 11 is 1.65. The van der Waals surface area contributed by atoms with Crippen molar-refractivity contribution in [1.29, 1.82) is 0 Å². The van der Waals surface area contributed by atoms with Crippen LogP contribution in [0.4, 0.5) is 0 Å². The SMILES string of the molecule is CC(NCC1CCOC1c1cnn(C)c1)C(=O)NCc1cccs1. The van der Waals surface area contributed by atoms with Gasteiger partial charge in [-0.05, 0) is 24.8 Å². The fraction of sp³-hybridized carbons (Fsp3) is 0.529. The number of amides is 1. The van der Waals surface area contributed by atoms with Gasteiger partial charge in [0.1, 0.15) is 0 Å². The molecule has 1 aliphatic heterocycles. The normalized spacial score (nSPS) is 21.8. The third-order valence-corrected chi connectivity index (χ3v) is 5.24. The minimum atomic E-state index is -0.222. The molecule has 3 rings (SSSR count). The minimum Gasteiger partial charge on any atom is -0.373 e. The van der Waals surface area contributed by atoms with Gasteiger partial charge in [-0.15, -0.1) is 11.3 Å². The Bertz CT molecular complexity index is 655. The van der Waals surface area contributed by atoms with E-state index in [4.69, 9.17) is 4.74 Å². The van der Waals surface area contributed by atoms with Gasteiger partial charge < -0.3 is 15.4 Å². The Morgan fingerprint density at radius 2 is 2.46 bits per heavy atom. The number of carbonyl (C=O) groups is 1. The van der Waals surface area contributed by atoms with Crippen LogP contribution in [-0.4, -0.2) is 34.9 Å². The lowest BCUT2D eigenvalue weighted by atomic mass is 9.97. The van der Waals surface area contributed by atoms with E-state index in [0.717, 1.165) is 30.0 Å². The zero-order valence-electron chi connectivity index (χ0n) is 14.1. The maximum Gasteiger partial charge on any atom is 0.237 e. The quantitative estimate of drug-likeness (QED) is 0.801. The van der Waals surface area contributed by atoms with E-state index >= 15 is 0 Å². The fourth-order valence-corrected chi connectivity index (χ4v) is 3.60. The number of aryl methyl sites for hydroxylation is 1. The van der Waals surface area contributed by atoms with Gasteiger partial charge in [-0.25, -0.2) is 0 Å². The zero-order valence-corrected chi connectivity index (χ0v) is 14.9. The predicted molar refractivity (Wildman–Crippen MR) is 93.6 cm³/mol. The second-order valence-corrected chi connectivity index (χ2v) is 7.25. The van der Waals surface area contributed by atoms with Crippen LogP contribution in [0.2, 0.25) is 0 Å². The van der Waals surface area contributed by atoms with Gasteiger partial charge in [-0.1, -0.05) is 6.07 Å². The first-order valence-electron chi connectivity index (χ1n) is 8.27. The maximum absolute atomic E-state index is 12.2. The number of rotatable bonds is 7. The van der Waals surface area contributed by atoms with Crippen molar-refractivity contribution < 1.29 is 9.53 Å². The summed E-state index contributed by atoms with van der Waals surface area (Å²) in [6.45, 7) is 4.00. The van der Waals surface area contributed by atoms with E-state index in [0.29, 0.717) is 12.5 Å². The van der Waals surface area contributed by atoms with Crippen LogP contribution in [0, 0.1) is 5.92 Å². The maximum atomic E-state index is 12.2. The van der Waals surface area contributed by atoms with Gasteiger partial charge in [-0.3, -0.25) is 9.48 Å². The fourth-order valence-electron chi connectivity index (χ4n) is 2.96. The number of hydrogen-bond donors (Lipinski definition) is 2. The monoisotopic (exact) mass is 348 g/mol. The summed E-state index contributed by atoms with van der Waals surface area (Å²) in [5.41, 5.74) is 1.11. The summed E-state index contributed by atoms with van der Waals surface area (Å²) in [6.07, 6.45) is 4.92. The number of nitrogens with zero attached hydrogens (tertiary/aromatic N) is 2. The Kier molecular flexibility index (Phi) is 5.65. The van der Waals surface area contributed by atoms with Crippen LogP contribution in [0.5, 0.6) is 0 Å². The summed E-state index contributed by atoms with van der Waals surface area (Å²) in [4.78, 5) is 13.3. The molecule has 130 valence electrons. The van der Waals surface area contributed by atoms with Crippen LogP contribution >= 0.6 is 11.3 Å². The molecule has 3 unspecified atom stereocenters. The smallest absolute Gasteiger partial charge is 0.237 e. The molecule has 0 spiro atoms. The number of nitrogens with one attached hydrogen (secondary N) is 2. The molecule has 0 aromatic carbocycles. The number of thiophene rings is 1. The largest absolute Gasteiger partial charge is 0.373 e. The first-order valence-corrected chi connectivity index (χ1v) is 9.15. The van der Waals surface area contributed by atoms with Gasteiger partial charge in [0, 0.05) is 42.8 Å². The molecule has 2 aromatic rings. The van der Waals surface area contributed by atoms with E-state index < -0.39 is 0 Å². The highest BCUT2D eigenvalue weighted by Crippen LogP contribution is 2.33. The van der Waals surface area contributed by atoms with Gasteiger partial charge in [0.25, 0.3) is 0 Å². The van der Waals surface area contributed by atoms with E-state index in [-0.39, 0.29) is 18.1 Å². The zero-order chi connectivity index (χ0) is 16.9. The van der Waals surface area contributed by atoms with Crippen molar-refractivity contribution in [3.05, 3.63) is 40.3 Å². The average Bonchev–Trinajstić information content (AvgIpc) is 3.31. The molecule has 3 heterocycles. The molecule has 1 amide bonds. The van der Waals surface area contributed by atoms with E-state index in [2.05, 4.69) is 15.7 Å². The van der Waals surface area contributed by atoms with Gasteiger partial charge in [-0.2, -0.15) is 5.10 Å². The lowest BCUT2D eigenvalue weighted by Crippen LogP contribution is -2.43. The lowest BCUT2D eigenvalue weighted by Gasteiger charge is -2.20. The Morgan fingerprint density at radius 1 is 1.58 bits per heavy atom. The molecule has 0 aliphatic carbocycles. The minimum absolute atomic E-state index is 0.0280. The van der Waals surface area contributed by atoms with Crippen molar-refractivity contribution in [2.45, 2.75) is 32.0 Å². The molecule has 3 atom stereocenters.